The van der Waals surface area contributed by atoms with E-state index in [0.717, 1.165) is 21.4 Å². The van der Waals surface area contributed by atoms with Gasteiger partial charge in [-0.3, -0.25) is 14.2 Å². The molecule has 0 saturated carbocycles. The topological polar surface area (TPSA) is 90.5 Å². The van der Waals surface area contributed by atoms with Crippen molar-refractivity contribution < 1.29 is 14.6 Å². The van der Waals surface area contributed by atoms with Crippen LogP contribution in [0.3, 0.4) is 0 Å². The number of fused-ring (bicyclic) bond motifs is 3. The molecular weight excluding hydrogens is 356 g/mol. The average Bonchev–Trinajstić information content (AvgIpc) is 2.88. The van der Waals surface area contributed by atoms with Crippen molar-refractivity contribution in [3.05, 3.63) is 31.3 Å². The van der Waals surface area contributed by atoms with Gasteiger partial charge >= 0.3 is 11.7 Å². The molecule has 0 amide bonds. The Kier molecular flexibility index (Phi) is 4.83. The molecule has 0 atom stereocenters. The molecule has 0 bridgehead atoms. The summed E-state index contributed by atoms with van der Waals surface area (Å²) in [7, 11) is 0. The van der Waals surface area contributed by atoms with E-state index >= 15 is 0 Å². The SMILES string of the molecule is CC(C)CCn1c(=O)n(CC(=O)O)c(=O)c2c3c(sc21)COC(C)(C)C3. The molecule has 7 nitrogen and oxygen atoms in total. The van der Waals surface area contributed by atoms with E-state index in [4.69, 9.17) is 9.84 Å². The highest BCUT2D eigenvalue weighted by atomic mass is 32.1. The summed E-state index contributed by atoms with van der Waals surface area (Å²) in [5, 5.41) is 9.62. The Morgan fingerprint density at radius 3 is 2.62 bits per heavy atom. The first-order chi connectivity index (χ1) is 12.1. The number of carboxylic acids is 1. The summed E-state index contributed by atoms with van der Waals surface area (Å²) in [5.41, 5.74) is -0.569. The van der Waals surface area contributed by atoms with E-state index in [1.807, 2.05) is 13.8 Å². The molecule has 1 aliphatic rings. The molecule has 8 heteroatoms. The van der Waals surface area contributed by atoms with Crippen LogP contribution < -0.4 is 11.2 Å². The molecule has 0 unspecified atom stereocenters. The molecule has 142 valence electrons. The predicted molar refractivity (Wildman–Crippen MR) is 100 cm³/mol. The summed E-state index contributed by atoms with van der Waals surface area (Å²) in [5.74, 6) is -0.819. The van der Waals surface area contributed by atoms with Crippen LogP contribution in [0.4, 0.5) is 0 Å². The summed E-state index contributed by atoms with van der Waals surface area (Å²) in [4.78, 5) is 38.6. The maximum Gasteiger partial charge on any atom is 0.332 e. The van der Waals surface area contributed by atoms with Crippen molar-refractivity contribution >= 4 is 27.5 Å². The van der Waals surface area contributed by atoms with Gasteiger partial charge in [-0.1, -0.05) is 13.8 Å². The molecule has 0 saturated heterocycles. The van der Waals surface area contributed by atoms with Gasteiger partial charge < -0.3 is 9.84 Å². The van der Waals surface area contributed by atoms with E-state index in [1.54, 1.807) is 4.57 Å². The Morgan fingerprint density at radius 2 is 2.00 bits per heavy atom. The van der Waals surface area contributed by atoms with Crippen molar-refractivity contribution in [2.45, 2.75) is 65.8 Å². The quantitative estimate of drug-likeness (QED) is 0.859. The van der Waals surface area contributed by atoms with Gasteiger partial charge in [-0.2, -0.15) is 0 Å². The highest BCUT2D eigenvalue weighted by Crippen LogP contribution is 2.37. The third kappa shape index (κ3) is 3.35. The highest BCUT2D eigenvalue weighted by molar-refractivity contribution is 7.18. The summed E-state index contributed by atoms with van der Waals surface area (Å²) in [6.07, 6.45) is 1.33. The van der Waals surface area contributed by atoms with Gasteiger partial charge in [0.15, 0.2) is 0 Å². The van der Waals surface area contributed by atoms with E-state index in [-0.39, 0.29) is 0 Å². The third-order valence-electron chi connectivity index (χ3n) is 4.66. The van der Waals surface area contributed by atoms with Gasteiger partial charge in [0.1, 0.15) is 11.4 Å². The largest absolute Gasteiger partial charge is 0.480 e. The smallest absolute Gasteiger partial charge is 0.332 e. The lowest BCUT2D eigenvalue weighted by atomic mass is 9.94. The second kappa shape index (κ2) is 6.66. The van der Waals surface area contributed by atoms with Crippen molar-refractivity contribution in [1.29, 1.82) is 0 Å². The molecule has 1 aliphatic heterocycles. The van der Waals surface area contributed by atoms with Crippen LogP contribution in [0, 0.1) is 5.92 Å². The van der Waals surface area contributed by atoms with Gasteiger partial charge in [0.05, 0.1) is 17.6 Å². The summed E-state index contributed by atoms with van der Waals surface area (Å²) in [6.45, 7) is 8.28. The number of aliphatic carboxylic acids is 1. The molecule has 0 aliphatic carbocycles. The number of nitrogens with zero attached hydrogens (tertiary/aromatic N) is 2. The molecule has 3 heterocycles. The Morgan fingerprint density at radius 1 is 1.31 bits per heavy atom. The molecule has 3 rings (SSSR count). The number of aryl methyl sites for hydroxylation is 1. The molecule has 1 N–H and O–H groups in total. The van der Waals surface area contributed by atoms with E-state index in [2.05, 4.69) is 13.8 Å². The van der Waals surface area contributed by atoms with Gasteiger partial charge in [-0.05, 0) is 31.7 Å². The molecule has 2 aromatic heterocycles. The summed E-state index contributed by atoms with van der Waals surface area (Å²) >= 11 is 1.41. The fourth-order valence-corrected chi connectivity index (χ4v) is 4.50. The van der Waals surface area contributed by atoms with Gasteiger partial charge in [-0.25, -0.2) is 9.36 Å². The maximum absolute atomic E-state index is 13.0. The fraction of sp³-hybridized carbons (Fsp3) is 0.611. The Hall–Kier alpha value is -1.93. The second-order valence-electron chi connectivity index (χ2n) is 7.81. The second-order valence-corrected chi connectivity index (χ2v) is 8.89. The zero-order valence-electron chi connectivity index (χ0n) is 15.5. The van der Waals surface area contributed by atoms with Crippen LogP contribution in [-0.2, 0) is 35.6 Å². The van der Waals surface area contributed by atoms with Crippen LogP contribution in [0.25, 0.3) is 10.2 Å². The van der Waals surface area contributed by atoms with Crippen LogP contribution in [-0.4, -0.2) is 25.8 Å². The molecule has 2 aromatic rings. The first kappa shape index (κ1) is 18.8. The van der Waals surface area contributed by atoms with Crippen LogP contribution in [0.2, 0.25) is 0 Å². The standard InChI is InChI=1S/C18H24N2O5S/c1-10(2)5-6-19-16-14(15(23)20(17(19)24)8-13(21)22)11-7-18(3,4)25-9-12(11)26-16/h10H,5-9H2,1-4H3,(H,21,22). The minimum Gasteiger partial charge on any atom is -0.480 e. The molecule has 0 aromatic carbocycles. The van der Waals surface area contributed by atoms with Crippen LogP contribution in [0.5, 0.6) is 0 Å². The zero-order chi connectivity index (χ0) is 19.2. The number of aromatic nitrogens is 2. The van der Waals surface area contributed by atoms with E-state index < -0.39 is 29.4 Å². The minimum absolute atomic E-state index is 0.383. The average molecular weight is 380 g/mol. The van der Waals surface area contributed by atoms with Crippen molar-refractivity contribution in [3.8, 4) is 0 Å². The number of rotatable bonds is 5. The minimum atomic E-state index is -1.20. The van der Waals surface area contributed by atoms with Gasteiger partial charge in [-0.15, -0.1) is 11.3 Å². The third-order valence-corrected chi connectivity index (χ3v) is 5.89. The van der Waals surface area contributed by atoms with Crippen LogP contribution in [0.15, 0.2) is 9.59 Å². The number of thiophene rings is 1. The number of ether oxygens (including phenoxy) is 1. The van der Waals surface area contributed by atoms with Gasteiger partial charge in [0.25, 0.3) is 5.56 Å². The normalized spacial score (nSPS) is 16.2. The lowest BCUT2D eigenvalue weighted by Gasteiger charge is -2.29. The van der Waals surface area contributed by atoms with Crippen LogP contribution in [0.1, 0.15) is 44.6 Å². The Bertz CT molecular complexity index is 980. The number of hydrogen-bond donors (Lipinski definition) is 1. The zero-order valence-corrected chi connectivity index (χ0v) is 16.3. The predicted octanol–water partition coefficient (Wildman–Crippen LogP) is 2.21. The first-order valence-electron chi connectivity index (χ1n) is 8.74. The van der Waals surface area contributed by atoms with E-state index in [9.17, 15) is 14.4 Å². The molecule has 26 heavy (non-hydrogen) atoms. The lowest BCUT2D eigenvalue weighted by Crippen LogP contribution is -2.42. The van der Waals surface area contributed by atoms with Crippen molar-refractivity contribution in [2.24, 2.45) is 5.92 Å². The molecule has 0 radical (unpaired) electrons. The number of carboxylic acid groups (broad SMARTS) is 1. The highest BCUT2D eigenvalue weighted by Gasteiger charge is 2.32. The van der Waals surface area contributed by atoms with Crippen molar-refractivity contribution in [3.63, 3.8) is 0 Å². The van der Waals surface area contributed by atoms with E-state index in [1.165, 1.54) is 11.3 Å². The Labute approximate surface area is 154 Å². The number of carbonyl (C=O) groups is 1. The summed E-state index contributed by atoms with van der Waals surface area (Å²) < 4.78 is 8.26. The van der Waals surface area contributed by atoms with E-state index in [0.29, 0.717) is 35.7 Å². The Balaban J connectivity index is 2.31. The van der Waals surface area contributed by atoms with Crippen LogP contribution >= 0.6 is 11.3 Å². The van der Waals surface area contributed by atoms with Crippen molar-refractivity contribution in [1.82, 2.24) is 9.13 Å². The van der Waals surface area contributed by atoms with Gasteiger partial charge in [0, 0.05) is 17.8 Å². The van der Waals surface area contributed by atoms with Crippen molar-refractivity contribution in [2.75, 3.05) is 0 Å². The lowest BCUT2D eigenvalue weighted by molar-refractivity contribution is -0.137. The first-order valence-corrected chi connectivity index (χ1v) is 9.56. The molecule has 0 spiro atoms. The molecule has 0 fully saturated rings. The monoisotopic (exact) mass is 380 g/mol. The number of hydrogen-bond acceptors (Lipinski definition) is 5. The summed E-state index contributed by atoms with van der Waals surface area (Å²) in [6, 6.07) is 0. The molecular formula is C18H24N2O5S. The maximum atomic E-state index is 13.0. The fourth-order valence-electron chi connectivity index (χ4n) is 3.26. The van der Waals surface area contributed by atoms with Gasteiger partial charge in [0.2, 0.25) is 0 Å².